The fourth-order valence-corrected chi connectivity index (χ4v) is 3.79. The van der Waals surface area contributed by atoms with Crippen LogP contribution in [0, 0.1) is 10.1 Å². The molecule has 0 spiro atoms. The molecule has 27 heavy (non-hydrogen) atoms. The average Bonchev–Trinajstić information content (AvgIpc) is 3.43. The van der Waals surface area contributed by atoms with E-state index in [0.29, 0.717) is 17.5 Å². The molecule has 1 aromatic heterocycles. The van der Waals surface area contributed by atoms with Gasteiger partial charge in [-0.05, 0) is 31.7 Å². The molecule has 1 aliphatic heterocycles. The molecular weight excluding hydrogens is 348 g/mol. The van der Waals surface area contributed by atoms with E-state index in [0.717, 1.165) is 37.4 Å². The van der Waals surface area contributed by atoms with Gasteiger partial charge >= 0.3 is 0 Å². The number of carbonyl (C=O) groups excluding carboxylic acids is 1. The fourth-order valence-electron chi connectivity index (χ4n) is 3.79. The summed E-state index contributed by atoms with van der Waals surface area (Å²) in [7, 11) is 1.53. The predicted octanol–water partition coefficient (Wildman–Crippen LogP) is 2.26. The van der Waals surface area contributed by atoms with E-state index in [-0.39, 0.29) is 11.6 Å². The van der Waals surface area contributed by atoms with Crippen LogP contribution in [0.4, 0.5) is 11.4 Å². The number of nitrogens with zero attached hydrogens (tertiary/aromatic N) is 5. The van der Waals surface area contributed by atoms with E-state index < -0.39 is 4.92 Å². The molecule has 0 unspecified atom stereocenters. The summed E-state index contributed by atoms with van der Waals surface area (Å²) in [6, 6.07) is 5.04. The van der Waals surface area contributed by atoms with E-state index in [4.69, 9.17) is 0 Å². The van der Waals surface area contributed by atoms with Gasteiger partial charge < -0.3 is 14.8 Å². The molecule has 1 saturated carbocycles. The SMILES string of the molecule is CNC(=O)c1cc([N+](=O)[O-])ccc1N1CCC(c2nncn2C2CC2)CC1. The third-order valence-electron chi connectivity index (χ3n) is 5.40. The molecule has 4 rings (SSSR count). The topological polar surface area (TPSA) is 106 Å². The lowest BCUT2D eigenvalue weighted by molar-refractivity contribution is -0.384. The van der Waals surface area contributed by atoms with Crippen molar-refractivity contribution < 1.29 is 9.72 Å². The third-order valence-corrected chi connectivity index (χ3v) is 5.40. The van der Waals surface area contributed by atoms with Crippen molar-refractivity contribution in [2.75, 3.05) is 25.0 Å². The Bertz CT molecular complexity index is 868. The van der Waals surface area contributed by atoms with Gasteiger partial charge in [-0.1, -0.05) is 0 Å². The number of carbonyl (C=O) groups is 1. The smallest absolute Gasteiger partial charge is 0.270 e. The number of non-ortho nitro benzene ring substituents is 1. The van der Waals surface area contributed by atoms with E-state index in [9.17, 15) is 14.9 Å². The van der Waals surface area contributed by atoms with E-state index in [1.807, 2.05) is 6.33 Å². The molecule has 2 aromatic rings. The molecule has 9 heteroatoms. The maximum atomic E-state index is 12.2. The zero-order valence-electron chi connectivity index (χ0n) is 15.2. The number of nitrogens with one attached hydrogen (secondary N) is 1. The molecule has 1 aliphatic carbocycles. The summed E-state index contributed by atoms with van der Waals surface area (Å²) < 4.78 is 2.21. The Hall–Kier alpha value is -2.97. The van der Waals surface area contributed by atoms with Crippen LogP contribution >= 0.6 is 0 Å². The Kier molecular flexibility index (Phi) is 4.51. The Morgan fingerprint density at radius 1 is 1.26 bits per heavy atom. The van der Waals surface area contributed by atoms with Crippen LogP contribution in [0.15, 0.2) is 24.5 Å². The molecule has 1 N–H and O–H groups in total. The maximum absolute atomic E-state index is 12.2. The highest BCUT2D eigenvalue weighted by atomic mass is 16.6. The molecular formula is C18H22N6O3. The van der Waals surface area contributed by atoms with Crippen molar-refractivity contribution in [3.63, 3.8) is 0 Å². The largest absolute Gasteiger partial charge is 0.371 e. The molecule has 1 amide bonds. The minimum atomic E-state index is -0.479. The van der Waals surface area contributed by atoms with Crippen molar-refractivity contribution in [1.29, 1.82) is 0 Å². The lowest BCUT2D eigenvalue weighted by Crippen LogP contribution is -2.35. The number of aromatic nitrogens is 3. The molecule has 2 fully saturated rings. The summed E-state index contributed by atoms with van der Waals surface area (Å²) in [4.78, 5) is 25.0. The number of amides is 1. The van der Waals surface area contributed by atoms with Crippen molar-refractivity contribution >= 4 is 17.3 Å². The van der Waals surface area contributed by atoms with Gasteiger partial charge in [0.2, 0.25) is 0 Å². The van der Waals surface area contributed by atoms with E-state index in [2.05, 4.69) is 25.0 Å². The van der Waals surface area contributed by atoms with Gasteiger partial charge in [0.1, 0.15) is 12.2 Å². The number of nitro groups is 1. The Morgan fingerprint density at radius 3 is 2.63 bits per heavy atom. The molecule has 2 aliphatic rings. The monoisotopic (exact) mass is 370 g/mol. The highest BCUT2D eigenvalue weighted by Crippen LogP contribution is 2.39. The lowest BCUT2D eigenvalue weighted by Gasteiger charge is -2.34. The summed E-state index contributed by atoms with van der Waals surface area (Å²) in [5, 5.41) is 22.1. The molecule has 9 nitrogen and oxygen atoms in total. The van der Waals surface area contributed by atoms with Crippen LogP contribution in [0.5, 0.6) is 0 Å². The predicted molar refractivity (Wildman–Crippen MR) is 99.0 cm³/mol. The van der Waals surface area contributed by atoms with Gasteiger partial charge in [0.05, 0.1) is 16.2 Å². The number of hydrogen-bond acceptors (Lipinski definition) is 6. The van der Waals surface area contributed by atoms with Crippen LogP contribution < -0.4 is 10.2 Å². The summed E-state index contributed by atoms with van der Waals surface area (Å²) >= 11 is 0. The minimum Gasteiger partial charge on any atom is -0.371 e. The lowest BCUT2D eigenvalue weighted by atomic mass is 9.94. The van der Waals surface area contributed by atoms with Crippen LogP contribution in [0.1, 0.15) is 53.8 Å². The van der Waals surface area contributed by atoms with Crippen LogP contribution in [0.3, 0.4) is 0 Å². The molecule has 0 atom stereocenters. The Morgan fingerprint density at radius 2 is 2.00 bits per heavy atom. The maximum Gasteiger partial charge on any atom is 0.270 e. The standard InChI is InChI=1S/C18H22N6O3/c1-19-18(25)15-10-14(24(26)27)4-5-16(15)22-8-6-12(7-9-22)17-21-20-11-23(17)13-2-3-13/h4-5,10-13H,2-3,6-9H2,1H3,(H,19,25). The Labute approximate surface area is 156 Å². The highest BCUT2D eigenvalue weighted by Gasteiger charge is 2.31. The first-order valence-electron chi connectivity index (χ1n) is 9.23. The van der Waals surface area contributed by atoms with Crippen molar-refractivity contribution in [2.24, 2.45) is 0 Å². The van der Waals surface area contributed by atoms with E-state index in [1.54, 1.807) is 6.07 Å². The third kappa shape index (κ3) is 3.36. The van der Waals surface area contributed by atoms with Crippen molar-refractivity contribution in [3.8, 4) is 0 Å². The number of anilines is 1. The number of benzene rings is 1. The first kappa shape index (κ1) is 17.4. The first-order chi connectivity index (χ1) is 13.1. The number of nitro benzene ring substituents is 1. The second kappa shape index (κ2) is 6.98. The minimum absolute atomic E-state index is 0.0789. The molecule has 1 saturated heterocycles. The van der Waals surface area contributed by atoms with Gasteiger partial charge in [-0.2, -0.15) is 0 Å². The number of hydrogen-bond donors (Lipinski definition) is 1. The van der Waals surface area contributed by atoms with E-state index in [1.165, 1.54) is 32.0 Å². The van der Waals surface area contributed by atoms with Crippen LogP contribution in [-0.2, 0) is 0 Å². The van der Waals surface area contributed by atoms with Crippen molar-refractivity contribution in [3.05, 3.63) is 46.0 Å². The van der Waals surface area contributed by atoms with Gasteiger partial charge in [-0.15, -0.1) is 10.2 Å². The van der Waals surface area contributed by atoms with Gasteiger partial charge in [0.25, 0.3) is 11.6 Å². The van der Waals surface area contributed by atoms with Crippen molar-refractivity contribution in [2.45, 2.75) is 37.6 Å². The number of rotatable bonds is 5. The molecule has 1 aromatic carbocycles. The van der Waals surface area contributed by atoms with Gasteiger partial charge in [0.15, 0.2) is 0 Å². The summed E-state index contributed by atoms with van der Waals surface area (Å²) in [5.41, 5.74) is 0.998. The Balaban J connectivity index is 1.53. The van der Waals surface area contributed by atoms with Crippen LogP contribution in [0.2, 0.25) is 0 Å². The zero-order chi connectivity index (χ0) is 19.0. The van der Waals surface area contributed by atoms with Crippen LogP contribution in [-0.4, -0.2) is 45.7 Å². The quantitative estimate of drug-likeness (QED) is 0.639. The fraction of sp³-hybridized carbons (Fsp3) is 0.500. The summed E-state index contributed by atoms with van der Waals surface area (Å²) in [5.74, 6) is 1.10. The van der Waals surface area contributed by atoms with Crippen LogP contribution in [0.25, 0.3) is 0 Å². The second-order valence-electron chi connectivity index (χ2n) is 7.13. The zero-order valence-corrected chi connectivity index (χ0v) is 15.2. The second-order valence-corrected chi connectivity index (χ2v) is 7.13. The van der Waals surface area contributed by atoms with Gasteiger partial charge in [-0.25, -0.2) is 0 Å². The highest BCUT2D eigenvalue weighted by molar-refractivity contribution is 6.00. The number of piperidine rings is 1. The molecule has 142 valence electrons. The van der Waals surface area contributed by atoms with Crippen molar-refractivity contribution in [1.82, 2.24) is 20.1 Å². The summed E-state index contributed by atoms with van der Waals surface area (Å²) in [6.45, 7) is 1.54. The molecule has 2 heterocycles. The van der Waals surface area contributed by atoms with Gasteiger partial charge in [0, 0.05) is 44.2 Å². The normalized spacial score (nSPS) is 17.7. The van der Waals surface area contributed by atoms with E-state index >= 15 is 0 Å². The molecule has 0 radical (unpaired) electrons. The molecule has 0 bridgehead atoms. The first-order valence-corrected chi connectivity index (χ1v) is 9.23. The average molecular weight is 370 g/mol. The van der Waals surface area contributed by atoms with Gasteiger partial charge in [-0.3, -0.25) is 14.9 Å². The summed E-state index contributed by atoms with van der Waals surface area (Å²) in [6.07, 6.45) is 6.05.